The van der Waals surface area contributed by atoms with Crippen LogP contribution in [0.2, 0.25) is 0 Å². The summed E-state index contributed by atoms with van der Waals surface area (Å²) in [5.74, 6) is 2.53. The Bertz CT molecular complexity index is 590. The SMILES string of the molecule is Cc1oc(C(C)C)cc1C(=O)N1C[C@H](CO)C[C@@H](CN2CCCC2)C1. The van der Waals surface area contributed by atoms with Gasteiger partial charge in [0, 0.05) is 32.2 Å². The highest BCUT2D eigenvalue weighted by Crippen LogP contribution is 2.28. The van der Waals surface area contributed by atoms with Crippen LogP contribution in [0.4, 0.5) is 0 Å². The van der Waals surface area contributed by atoms with Gasteiger partial charge in [-0.1, -0.05) is 13.8 Å². The number of piperidine rings is 1. The van der Waals surface area contributed by atoms with Crippen molar-refractivity contribution >= 4 is 5.91 Å². The molecule has 3 rings (SSSR count). The third kappa shape index (κ3) is 4.26. The van der Waals surface area contributed by atoms with Crippen LogP contribution >= 0.6 is 0 Å². The fraction of sp³-hybridized carbons (Fsp3) is 0.750. The van der Waals surface area contributed by atoms with Crippen LogP contribution in [0.15, 0.2) is 10.5 Å². The molecule has 0 aliphatic carbocycles. The molecule has 0 spiro atoms. The lowest BCUT2D eigenvalue weighted by Crippen LogP contribution is -2.47. The summed E-state index contributed by atoms with van der Waals surface area (Å²) in [6, 6.07) is 1.90. The van der Waals surface area contributed by atoms with Gasteiger partial charge < -0.3 is 19.3 Å². The van der Waals surface area contributed by atoms with Crippen molar-refractivity contribution in [2.45, 2.75) is 46.0 Å². The number of aliphatic hydroxyl groups is 1. The van der Waals surface area contributed by atoms with Gasteiger partial charge in [0.2, 0.25) is 0 Å². The highest BCUT2D eigenvalue weighted by atomic mass is 16.3. The summed E-state index contributed by atoms with van der Waals surface area (Å²) in [5.41, 5.74) is 0.683. The Labute approximate surface area is 151 Å². The molecule has 0 radical (unpaired) electrons. The number of hydrogen-bond acceptors (Lipinski definition) is 4. The lowest BCUT2D eigenvalue weighted by Gasteiger charge is -2.38. The Balaban J connectivity index is 1.71. The summed E-state index contributed by atoms with van der Waals surface area (Å²) < 4.78 is 5.77. The van der Waals surface area contributed by atoms with Gasteiger partial charge in [0.1, 0.15) is 11.5 Å². The summed E-state index contributed by atoms with van der Waals surface area (Å²) in [7, 11) is 0. The van der Waals surface area contributed by atoms with Crippen LogP contribution in [0.25, 0.3) is 0 Å². The van der Waals surface area contributed by atoms with Crippen LogP contribution < -0.4 is 0 Å². The second-order valence-electron chi connectivity index (χ2n) is 8.14. The molecule has 25 heavy (non-hydrogen) atoms. The van der Waals surface area contributed by atoms with Crippen LogP contribution in [0, 0.1) is 18.8 Å². The van der Waals surface area contributed by atoms with Crippen LogP contribution in [0.5, 0.6) is 0 Å². The lowest BCUT2D eigenvalue weighted by atomic mass is 9.88. The summed E-state index contributed by atoms with van der Waals surface area (Å²) in [5, 5.41) is 9.70. The van der Waals surface area contributed by atoms with Gasteiger partial charge >= 0.3 is 0 Å². The predicted molar refractivity (Wildman–Crippen MR) is 97.8 cm³/mol. The van der Waals surface area contributed by atoms with Gasteiger partial charge in [0.15, 0.2) is 0 Å². The summed E-state index contributed by atoms with van der Waals surface area (Å²) >= 11 is 0. The minimum absolute atomic E-state index is 0.0534. The highest BCUT2D eigenvalue weighted by molar-refractivity contribution is 5.95. The number of amides is 1. The van der Waals surface area contributed by atoms with Gasteiger partial charge in [-0.05, 0) is 57.2 Å². The molecule has 2 aliphatic rings. The molecule has 1 aromatic rings. The second kappa shape index (κ2) is 7.92. The van der Waals surface area contributed by atoms with Crippen LogP contribution in [-0.4, -0.2) is 60.1 Å². The Kier molecular flexibility index (Phi) is 5.85. The van der Waals surface area contributed by atoms with Crippen LogP contribution in [0.3, 0.4) is 0 Å². The number of carbonyl (C=O) groups excluding carboxylic acids is 1. The first-order valence-electron chi connectivity index (χ1n) is 9.70. The van der Waals surface area contributed by atoms with E-state index in [2.05, 4.69) is 18.7 Å². The summed E-state index contributed by atoms with van der Waals surface area (Å²) in [4.78, 5) is 17.5. The molecule has 1 aromatic heterocycles. The van der Waals surface area contributed by atoms with E-state index in [1.54, 1.807) is 0 Å². The lowest BCUT2D eigenvalue weighted by molar-refractivity contribution is 0.0464. The zero-order valence-electron chi connectivity index (χ0n) is 15.8. The number of nitrogens with zero attached hydrogens (tertiary/aromatic N) is 2. The monoisotopic (exact) mass is 348 g/mol. The first-order chi connectivity index (χ1) is 12.0. The molecule has 0 saturated carbocycles. The van der Waals surface area contributed by atoms with E-state index in [0.717, 1.165) is 25.3 Å². The van der Waals surface area contributed by atoms with E-state index in [0.29, 0.717) is 23.8 Å². The number of carbonyl (C=O) groups is 1. The molecule has 140 valence electrons. The number of likely N-dealkylation sites (tertiary alicyclic amines) is 2. The standard InChI is InChI=1S/C20H32N2O3/c1-14(2)19-9-18(15(3)25-19)20(24)22-11-16(8-17(12-22)13-23)10-21-6-4-5-7-21/h9,14,16-17,23H,4-8,10-13H2,1-3H3/t16-,17+/m0/s1. The van der Waals surface area contributed by atoms with Gasteiger partial charge in [-0.15, -0.1) is 0 Å². The van der Waals surface area contributed by atoms with Crippen molar-refractivity contribution < 1.29 is 14.3 Å². The number of rotatable bonds is 5. The molecule has 2 saturated heterocycles. The Morgan fingerprint density at radius 1 is 1.28 bits per heavy atom. The smallest absolute Gasteiger partial charge is 0.257 e. The Hall–Kier alpha value is -1.33. The molecule has 2 fully saturated rings. The molecule has 0 unspecified atom stereocenters. The molecule has 1 N–H and O–H groups in total. The van der Waals surface area contributed by atoms with E-state index in [9.17, 15) is 9.90 Å². The van der Waals surface area contributed by atoms with Gasteiger partial charge in [0.05, 0.1) is 5.56 Å². The summed E-state index contributed by atoms with van der Waals surface area (Å²) in [6.07, 6.45) is 3.58. The number of furan rings is 1. The van der Waals surface area contributed by atoms with Crippen LogP contribution in [-0.2, 0) is 0 Å². The largest absolute Gasteiger partial charge is 0.465 e. The van der Waals surface area contributed by atoms with Gasteiger partial charge in [-0.3, -0.25) is 4.79 Å². The molecule has 1 amide bonds. The number of aliphatic hydroxyl groups excluding tert-OH is 1. The van der Waals surface area contributed by atoms with E-state index in [1.165, 1.54) is 25.9 Å². The van der Waals surface area contributed by atoms with Crippen molar-refractivity contribution in [2.75, 3.05) is 39.3 Å². The van der Waals surface area contributed by atoms with E-state index in [1.807, 2.05) is 17.9 Å². The minimum Gasteiger partial charge on any atom is -0.465 e. The van der Waals surface area contributed by atoms with Crippen molar-refractivity contribution in [1.29, 1.82) is 0 Å². The maximum absolute atomic E-state index is 13.1. The topological polar surface area (TPSA) is 56.9 Å². The van der Waals surface area contributed by atoms with Crippen molar-refractivity contribution in [3.8, 4) is 0 Å². The normalized spacial score (nSPS) is 25.1. The molecule has 2 aliphatic heterocycles. The Morgan fingerprint density at radius 3 is 2.56 bits per heavy atom. The fourth-order valence-electron chi connectivity index (χ4n) is 4.25. The van der Waals surface area contributed by atoms with E-state index >= 15 is 0 Å². The fourth-order valence-corrected chi connectivity index (χ4v) is 4.25. The average molecular weight is 348 g/mol. The molecule has 2 atom stereocenters. The first-order valence-corrected chi connectivity index (χ1v) is 9.70. The quantitative estimate of drug-likeness (QED) is 0.889. The van der Waals surface area contributed by atoms with Crippen molar-refractivity contribution in [3.05, 3.63) is 23.2 Å². The molecule has 0 bridgehead atoms. The third-order valence-corrected chi connectivity index (χ3v) is 5.62. The van der Waals surface area contributed by atoms with Crippen LogP contribution in [0.1, 0.15) is 60.9 Å². The van der Waals surface area contributed by atoms with Gasteiger partial charge in [0.25, 0.3) is 5.91 Å². The second-order valence-corrected chi connectivity index (χ2v) is 8.14. The zero-order chi connectivity index (χ0) is 18.0. The van der Waals surface area contributed by atoms with Gasteiger partial charge in [-0.2, -0.15) is 0 Å². The van der Waals surface area contributed by atoms with Gasteiger partial charge in [-0.25, -0.2) is 0 Å². The van der Waals surface area contributed by atoms with Crippen molar-refractivity contribution in [3.63, 3.8) is 0 Å². The maximum atomic E-state index is 13.1. The minimum atomic E-state index is 0.0534. The molecule has 5 heteroatoms. The third-order valence-electron chi connectivity index (χ3n) is 5.62. The number of hydrogen-bond donors (Lipinski definition) is 1. The predicted octanol–water partition coefficient (Wildman–Crippen LogP) is 2.88. The molecule has 5 nitrogen and oxygen atoms in total. The molecular formula is C20H32N2O3. The molecular weight excluding hydrogens is 316 g/mol. The molecule has 3 heterocycles. The summed E-state index contributed by atoms with van der Waals surface area (Å²) in [6.45, 7) is 11.0. The molecule has 0 aromatic carbocycles. The van der Waals surface area contributed by atoms with Crippen molar-refractivity contribution in [1.82, 2.24) is 9.80 Å². The van der Waals surface area contributed by atoms with E-state index in [-0.39, 0.29) is 24.3 Å². The number of aryl methyl sites for hydroxylation is 1. The Morgan fingerprint density at radius 2 is 1.96 bits per heavy atom. The highest BCUT2D eigenvalue weighted by Gasteiger charge is 2.33. The average Bonchev–Trinajstić information content (AvgIpc) is 3.23. The van der Waals surface area contributed by atoms with E-state index in [4.69, 9.17) is 4.42 Å². The zero-order valence-corrected chi connectivity index (χ0v) is 15.8. The van der Waals surface area contributed by atoms with Crippen molar-refractivity contribution in [2.24, 2.45) is 11.8 Å². The van der Waals surface area contributed by atoms with E-state index < -0.39 is 0 Å². The maximum Gasteiger partial charge on any atom is 0.257 e. The first kappa shape index (κ1) is 18.5.